The van der Waals surface area contributed by atoms with E-state index in [0.717, 1.165) is 12.2 Å². The molecule has 0 atom stereocenters. The number of nitrogens with two attached hydrogens (primary N) is 1. The van der Waals surface area contributed by atoms with Crippen molar-refractivity contribution in [2.75, 3.05) is 6.26 Å². The molecule has 0 bridgehead atoms. The van der Waals surface area contributed by atoms with E-state index in [-0.39, 0.29) is 5.54 Å². The topological polar surface area (TPSA) is 43.8 Å². The molecule has 0 unspecified atom stereocenters. The number of thioether (sulfide) groups is 1. The fourth-order valence-corrected chi connectivity index (χ4v) is 3.88. The lowest BCUT2D eigenvalue weighted by atomic mass is 9.88. The van der Waals surface area contributed by atoms with Crippen LogP contribution < -0.4 is 5.73 Å². The summed E-state index contributed by atoms with van der Waals surface area (Å²) >= 11 is 2.02. The molecule has 0 radical (unpaired) electrons. The van der Waals surface area contributed by atoms with Crippen LogP contribution >= 0.6 is 11.8 Å². The van der Waals surface area contributed by atoms with Crippen molar-refractivity contribution in [2.24, 2.45) is 5.73 Å². The van der Waals surface area contributed by atoms with Gasteiger partial charge in [-0.1, -0.05) is 19.3 Å². The summed E-state index contributed by atoms with van der Waals surface area (Å²) in [6.07, 6.45) is 12.8. The third-order valence-electron chi connectivity index (χ3n) is 4.03. The van der Waals surface area contributed by atoms with E-state index in [9.17, 15) is 0 Å². The van der Waals surface area contributed by atoms with Gasteiger partial charge in [-0.05, 0) is 32.9 Å². The molecule has 1 fully saturated rings. The van der Waals surface area contributed by atoms with Crippen LogP contribution in [0.4, 0.5) is 0 Å². The smallest absolute Gasteiger partial charge is 0.0949 e. The second kappa shape index (κ2) is 5.25. The first kappa shape index (κ1) is 13.9. The summed E-state index contributed by atoms with van der Waals surface area (Å²) in [7, 11) is 0. The summed E-state index contributed by atoms with van der Waals surface area (Å²) in [5, 5.41) is 0. The zero-order valence-electron chi connectivity index (χ0n) is 11.8. The summed E-state index contributed by atoms with van der Waals surface area (Å²) in [5.74, 6) is 0. The Morgan fingerprint density at radius 2 is 2.06 bits per heavy atom. The van der Waals surface area contributed by atoms with E-state index < -0.39 is 0 Å². The van der Waals surface area contributed by atoms with Gasteiger partial charge in [-0.25, -0.2) is 4.98 Å². The number of aromatic nitrogens is 2. The highest BCUT2D eigenvalue weighted by Gasteiger charge is 2.33. The maximum atomic E-state index is 6.22. The highest BCUT2D eigenvalue weighted by molar-refractivity contribution is 8.00. The molecule has 3 nitrogen and oxygen atoms in total. The maximum absolute atomic E-state index is 6.22. The monoisotopic (exact) mass is 267 g/mol. The van der Waals surface area contributed by atoms with Crippen molar-refractivity contribution in [2.45, 2.75) is 62.8 Å². The van der Waals surface area contributed by atoms with E-state index in [0.29, 0.717) is 4.75 Å². The van der Waals surface area contributed by atoms with Crippen LogP contribution in [0, 0.1) is 0 Å². The van der Waals surface area contributed by atoms with Crippen LogP contribution in [0.1, 0.15) is 51.6 Å². The predicted octanol–water partition coefficient (Wildman–Crippen LogP) is 3.14. The van der Waals surface area contributed by atoms with Gasteiger partial charge in [0.15, 0.2) is 0 Å². The standard InChI is InChI=1S/C14H25N3S/c1-13(2,15)12-9-16-11-17(12)10-14(18-3)7-5-4-6-8-14/h9,11H,4-8,10,15H2,1-3H3. The summed E-state index contributed by atoms with van der Waals surface area (Å²) in [6, 6.07) is 0. The molecular weight excluding hydrogens is 242 g/mol. The van der Waals surface area contributed by atoms with Gasteiger partial charge in [-0.15, -0.1) is 0 Å². The normalized spacial score (nSPS) is 20.0. The van der Waals surface area contributed by atoms with Gasteiger partial charge in [-0.2, -0.15) is 11.8 Å². The van der Waals surface area contributed by atoms with Gasteiger partial charge >= 0.3 is 0 Å². The molecule has 1 aromatic rings. The van der Waals surface area contributed by atoms with Crippen LogP contribution in [0.3, 0.4) is 0 Å². The summed E-state index contributed by atoms with van der Waals surface area (Å²) in [6.45, 7) is 5.14. The molecule has 0 aliphatic heterocycles. The Labute approximate surface area is 115 Å². The Balaban J connectivity index is 2.20. The molecule has 0 amide bonds. The average Bonchev–Trinajstić information content (AvgIpc) is 2.78. The van der Waals surface area contributed by atoms with Crippen molar-refractivity contribution in [3.63, 3.8) is 0 Å². The van der Waals surface area contributed by atoms with Crippen LogP contribution in [0.5, 0.6) is 0 Å². The van der Waals surface area contributed by atoms with Crippen LogP contribution in [-0.4, -0.2) is 20.6 Å². The Kier molecular flexibility index (Phi) is 4.07. The van der Waals surface area contributed by atoms with Crippen molar-refractivity contribution >= 4 is 11.8 Å². The zero-order valence-corrected chi connectivity index (χ0v) is 12.6. The molecule has 0 aromatic carbocycles. The van der Waals surface area contributed by atoms with Gasteiger partial charge in [0.2, 0.25) is 0 Å². The fourth-order valence-electron chi connectivity index (χ4n) is 2.92. The average molecular weight is 267 g/mol. The maximum Gasteiger partial charge on any atom is 0.0949 e. The molecule has 1 heterocycles. The first-order valence-corrected chi connectivity index (χ1v) is 8.04. The van der Waals surface area contributed by atoms with Crippen molar-refractivity contribution in [3.8, 4) is 0 Å². The molecule has 1 saturated carbocycles. The second-order valence-electron chi connectivity index (χ2n) is 6.08. The van der Waals surface area contributed by atoms with Gasteiger partial charge < -0.3 is 10.3 Å². The third-order valence-corrected chi connectivity index (χ3v) is 5.43. The van der Waals surface area contributed by atoms with Crippen LogP contribution in [0.25, 0.3) is 0 Å². The molecule has 1 aromatic heterocycles. The highest BCUT2D eigenvalue weighted by atomic mass is 32.2. The fraction of sp³-hybridized carbons (Fsp3) is 0.786. The van der Waals surface area contributed by atoms with Gasteiger partial charge in [0.1, 0.15) is 0 Å². The lowest BCUT2D eigenvalue weighted by Gasteiger charge is -2.37. The van der Waals surface area contributed by atoms with Crippen LogP contribution in [0.2, 0.25) is 0 Å². The molecule has 102 valence electrons. The Morgan fingerprint density at radius 1 is 1.39 bits per heavy atom. The third kappa shape index (κ3) is 2.91. The second-order valence-corrected chi connectivity index (χ2v) is 7.35. The van der Waals surface area contributed by atoms with E-state index in [4.69, 9.17) is 5.73 Å². The quantitative estimate of drug-likeness (QED) is 0.911. The number of hydrogen-bond donors (Lipinski definition) is 1. The zero-order chi connectivity index (χ0) is 13.2. The summed E-state index contributed by atoms with van der Waals surface area (Å²) < 4.78 is 2.65. The predicted molar refractivity (Wildman–Crippen MR) is 78.8 cm³/mol. The van der Waals surface area contributed by atoms with E-state index in [1.165, 1.54) is 32.1 Å². The first-order chi connectivity index (χ1) is 8.47. The molecule has 2 N–H and O–H groups in total. The van der Waals surface area contributed by atoms with E-state index in [1.807, 2.05) is 38.1 Å². The minimum atomic E-state index is -0.315. The van der Waals surface area contributed by atoms with Crippen molar-refractivity contribution in [1.29, 1.82) is 0 Å². The Morgan fingerprint density at radius 3 is 2.61 bits per heavy atom. The Bertz CT molecular complexity index is 386. The number of nitrogens with zero attached hydrogens (tertiary/aromatic N) is 2. The lowest BCUT2D eigenvalue weighted by Crippen LogP contribution is -2.37. The minimum absolute atomic E-state index is 0.315. The summed E-state index contributed by atoms with van der Waals surface area (Å²) in [4.78, 5) is 4.29. The molecular formula is C14H25N3S. The molecule has 4 heteroatoms. The number of hydrogen-bond acceptors (Lipinski definition) is 3. The lowest BCUT2D eigenvalue weighted by molar-refractivity contribution is 0.346. The van der Waals surface area contributed by atoms with E-state index >= 15 is 0 Å². The molecule has 0 saturated heterocycles. The molecule has 2 rings (SSSR count). The molecule has 1 aliphatic carbocycles. The minimum Gasteiger partial charge on any atom is -0.332 e. The molecule has 18 heavy (non-hydrogen) atoms. The summed E-state index contributed by atoms with van der Waals surface area (Å²) in [5.41, 5.74) is 7.05. The van der Waals surface area contributed by atoms with E-state index in [1.54, 1.807) is 0 Å². The van der Waals surface area contributed by atoms with Gasteiger partial charge in [0.25, 0.3) is 0 Å². The van der Waals surface area contributed by atoms with Gasteiger partial charge in [0.05, 0.1) is 17.6 Å². The van der Waals surface area contributed by atoms with Gasteiger partial charge in [0, 0.05) is 17.5 Å². The molecule has 1 aliphatic rings. The molecule has 0 spiro atoms. The van der Waals surface area contributed by atoms with Crippen LogP contribution in [-0.2, 0) is 12.1 Å². The van der Waals surface area contributed by atoms with Crippen LogP contribution in [0.15, 0.2) is 12.5 Å². The number of rotatable bonds is 4. The van der Waals surface area contributed by atoms with Crippen molar-refractivity contribution in [3.05, 3.63) is 18.2 Å². The largest absolute Gasteiger partial charge is 0.332 e. The number of imidazole rings is 1. The first-order valence-electron chi connectivity index (χ1n) is 6.81. The van der Waals surface area contributed by atoms with Crippen molar-refractivity contribution < 1.29 is 0 Å². The van der Waals surface area contributed by atoms with Crippen molar-refractivity contribution in [1.82, 2.24) is 9.55 Å². The highest BCUT2D eigenvalue weighted by Crippen LogP contribution is 2.40. The SMILES string of the molecule is CSC1(Cn2cncc2C(C)(C)N)CCCCC1. The van der Waals surface area contributed by atoms with E-state index in [2.05, 4.69) is 15.8 Å². The Hall–Kier alpha value is -0.480. The van der Waals surface area contributed by atoms with Gasteiger partial charge in [-0.3, -0.25) is 0 Å².